The first-order chi connectivity index (χ1) is 7.18. The maximum absolute atomic E-state index is 11.9. The number of β-amino-alcohol motifs (C(OH)–C–C–N with tert-alkyl or cyclic N) is 1. The number of hydrogen-bond acceptors (Lipinski definition) is 4. The van der Waals surface area contributed by atoms with Gasteiger partial charge in [-0.25, -0.2) is 4.79 Å². The zero-order chi connectivity index (χ0) is 12.6. The highest BCUT2D eigenvalue weighted by Gasteiger charge is 2.44. The van der Waals surface area contributed by atoms with E-state index in [0.29, 0.717) is 18.7 Å². The molecule has 0 spiro atoms. The maximum Gasteiger partial charge on any atom is 0.410 e. The minimum absolute atomic E-state index is 0.325. The standard InChI is InChI=1S/C11H21NO3S/c1-10(2,3)15-9(14)12-6-8(13)5-11(12,4)7-16/h8,13,16H,5-7H2,1-4H3/t8-,11+/m0/s1. The minimum atomic E-state index is -0.512. The summed E-state index contributed by atoms with van der Waals surface area (Å²) in [5.41, 5.74) is -0.924. The van der Waals surface area contributed by atoms with Crippen molar-refractivity contribution in [2.45, 2.75) is 51.4 Å². The highest BCUT2D eigenvalue weighted by atomic mass is 32.1. The van der Waals surface area contributed by atoms with Gasteiger partial charge in [-0.05, 0) is 34.1 Å². The van der Waals surface area contributed by atoms with E-state index in [9.17, 15) is 9.90 Å². The normalized spacial score (nSPS) is 30.6. The van der Waals surface area contributed by atoms with Gasteiger partial charge in [-0.2, -0.15) is 12.6 Å². The van der Waals surface area contributed by atoms with Gasteiger partial charge in [0.25, 0.3) is 0 Å². The number of likely N-dealkylation sites (tertiary alicyclic amines) is 1. The van der Waals surface area contributed by atoms with Gasteiger partial charge in [-0.3, -0.25) is 4.90 Å². The van der Waals surface area contributed by atoms with Gasteiger partial charge in [0.2, 0.25) is 0 Å². The number of aliphatic hydroxyl groups is 1. The molecule has 0 saturated carbocycles. The molecule has 0 aromatic heterocycles. The molecule has 1 N–H and O–H groups in total. The zero-order valence-corrected chi connectivity index (χ0v) is 11.3. The second kappa shape index (κ2) is 4.45. The molecule has 16 heavy (non-hydrogen) atoms. The molecule has 2 atom stereocenters. The van der Waals surface area contributed by atoms with Crippen LogP contribution >= 0.6 is 12.6 Å². The molecule has 94 valence electrons. The molecular weight excluding hydrogens is 226 g/mol. The molecule has 1 amide bonds. The van der Waals surface area contributed by atoms with Crippen molar-refractivity contribution in [2.75, 3.05) is 12.3 Å². The molecule has 1 aliphatic rings. The predicted molar refractivity (Wildman–Crippen MR) is 65.8 cm³/mol. The van der Waals surface area contributed by atoms with Crippen molar-refractivity contribution in [2.24, 2.45) is 0 Å². The van der Waals surface area contributed by atoms with E-state index in [1.54, 1.807) is 4.90 Å². The average Bonchev–Trinajstić information content (AvgIpc) is 2.40. The predicted octanol–water partition coefficient (Wildman–Crippen LogP) is 1.68. The third-order valence-corrected chi connectivity index (χ3v) is 3.36. The first-order valence-corrected chi connectivity index (χ1v) is 6.11. The third kappa shape index (κ3) is 3.04. The average molecular weight is 247 g/mol. The summed E-state index contributed by atoms with van der Waals surface area (Å²) in [5, 5.41) is 9.63. The van der Waals surface area contributed by atoms with E-state index in [1.165, 1.54) is 0 Å². The molecule has 1 heterocycles. The zero-order valence-electron chi connectivity index (χ0n) is 10.4. The van der Waals surface area contributed by atoms with Crippen LogP contribution in [0.1, 0.15) is 34.1 Å². The van der Waals surface area contributed by atoms with E-state index in [2.05, 4.69) is 12.6 Å². The van der Waals surface area contributed by atoms with Crippen LogP contribution in [0.3, 0.4) is 0 Å². The molecule has 0 radical (unpaired) electrons. The minimum Gasteiger partial charge on any atom is -0.444 e. The Morgan fingerprint density at radius 2 is 2.19 bits per heavy atom. The van der Waals surface area contributed by atoms with Crippen LogP contribution in [0.5, 0.6) is 0 Å². The van der Waals surface area contributed by atoms with Crippen LogP contribution in [-0.2, 0) is 4.74 Å². The van der Waals surface area contributed by atoms with E-state index in [1.807, 2.05) is 27.7 Å². The Labute approximate surface area is 102 Å². The Balaban J connectivity index is 2.75. The van der Waals surface area contributed by atoms with Crippen LogP contribution in [0, 0.1) is 0 Å². The van der Waals surface area contributed by atoms with Crippen molar-refractivity contribution in [3.63, 3.8) is 0 Å². The van der Waals surface area contributed by atoms with Gasteiger partial charge < -0.3 is 9.84 Å². The van der Waals surface area contributed by atoms with Crippen molar-refractivity contribution in [3.8, 4) is 0 Å². The van der Waals surface area contributed by atoms with Crippen LogP contribution in [-0.4, -0.2) is 45.6 Å². The van der Waals surface area contributed by atoms with Crippen molar-refractivity contribution in [1.29, 1.82) is 0 Å². The molecule has 0 aromatic carbocycles. The summed E-state index contributed by atoms with van der Waals surface area (Å²) in [6.45, 7) is 7.73. The Hall–Kier alpha value is -0.420. The van der Waals surface area contributed by atoms with Crippen molar-refractivity contribution in [3.05, 3.63) is 0 Å². The summed E-state index contributed by atoms with van der Waals surface area (Å²) in [6, 6.07) is 0. The summed E-state index contributed by atoms with van der Waals surface area (Å²) in [7, 11) is 0. The Kier molecular flexibility index (Phi) is 3.80. The Morgan fingerprint density at radius 3 is 2.62 bits per heavy atom. The Morgan fingerprint density at radius 1 is 1.62 bits per heavy atom. The molecule has 4 nitrogen and oxygen atoms in total. The monoisotopic (exact) mass is 247 g/mol. The van der Waals surface area contributed by atoms with Crippen LogP contribution in [0.25, 0.3) is 0 Å². The number of carbonyl (C=O) groups excluding carboxylic acids is 1. The Bertz CT molecular complexity index is 277. The van der Waals surface area contributed by atoms with Gasteiger partial charge in [0.05, 0.1) is 18.2 Å². The molecule has 0 aromatic rings. The number of hydrogen-bond donors (Lipinski definition) is 2. The largest absolute Gasteiger partial charge is 0.444 e. The van der Waals surface area contributed by atoms with E-state index in [-0.39, 0.29) is 6.09 Å². The lowest BCUT2D eigenvalue weighted by Crippen LogP contribution is -2.48. The van der Waals surface area contributed by atoms with Gasteiger partial charge in [0.15, 0.2) is 0 Å². The van der Waals surface area contributed by atoms with Crippen molar-refractivity contribution in [1.82, 2.24) is 4.90 Å². The number of nitrogens with zero attached hydrogens (tertiary/aromatic N) is 1. The van der Waals surface area contributed by atoms with Crippen LogP contribution in [0.4, 0.5) is 4.79 Å². The van der Waals surface area contributed by atoms with Gasteiger partial charge in [0, 0.05) is 5.75 Å². The quantitative estimate of drug-likeness (QED) is 0.693. The first-order valence-electron chi connectivity index (χ1n) is 5.47. The van der Waals surface area contributed by atoms with E-state index >= 15 is 0 Å². The SMILES string of the molecule is CC(C)(C)OC(=O)N1C[C@@H](O)C[C@]1(C)CS. The molecule has 1 saturated heterocycles. The van der Waals surface area contributed by atoms with Gasteiger partial charge >= 0.3 is 6.09 Å². The molecular formula is C11H21NO3S. The molecule has 1 rings (SSSR count). The van der Waals surface area contributed by atoms with Crippen LogP contribution in [0.2, 0.25) is 0 Å². The van der Waals surface area contributed by atoms with Crippen molar-refractivity contribution >= 4 is 18.7 Å². The summed E-state index contributed by atoms with van der Waals surface area (Å²) in [5.74, 6) is 0.517. The number of ether oxygens (including phenoxy) is 1. The molecule has 0 aliphatic carbocycles. The molecule has 1 fully saturated rings. The second-order valence-electron chi connectivity index (χ2n) is 5.60. The topological polar surface area (TPSA) is 49.8 Å². The molecule has 0 unspecified atom stereocenters. The molecule has 0 bridgehead atoms. The van der Waals surface area contributed by atoms with Crippen LogP contribution in [0.15, 0.2) is 0 Å². The number of thiol groups is 1. The molecule has 1 aliphatic heterocycles. The lowest BCUT2D eigenvalue weighted by Gasteiger charge is -2.34. The fraction of sp³-hybridized carbons (Fsp3) is 0.909. The van der Waals surface area contributed by atoms with Gasteiger partial charge in [-0.15, -0.1) is 0 Å². The van der Waals surface area contributed by atoms with E-state index in [4.69, 9.17) is 4.74 Å². The summed E-state index contributed by atoms with van der Waals surface area (Å²) in [6.07, 6.45) is -0.305. The van der Waals surface area contributed by atoms with Gasteiger partial charge in [-0.1, -0.05) is 0 Å². The molecule has 5 heteroatoms. The first kappa shape index (κ1) is 13.6. The summed E-state index contributed by atoms with van der Waals surface area (Å²) < 4.78 is 5.31. The highest BCUT2D eigenvalue weighted by Crippen LogP contribution is 2.31. The maximum atomic E-state index is 11.9. The summed E-state index contributed by atoms with van der Waals surface area (Å²) >= 11 is 4.25. The lowest BCUT2D eigenvalue weighted by atomic mass is 10.0. The van der Waals surface area contributed by atoms with Crippen LogP contribution < -0.4 is 0 Å². The highest BCUT2D eigenvalue weighted by molar-refractivity contribution is 7.80. The smallest absolute Gasteiger partial charge is 0.410 e. The lowest BCUT2D eigenvalue weighted by molar-refractivity contribution is 0.0129. The fourth-order valence-electron chi connectivity index (χ4n) is 1.88. The second-order valence-corrected chi connectivity index (χ2v) is 5.92. The number of rotatable bonds is 1. The fourth-order valence-corrected chi connectivity index (χ4v) is 2.18. The third-order valence-electron chi connectivity index (χ3n) is 2.67. The number of carbonyl (C=O) groups is 1. The van der Waals surface area contributed by atoms with Gasteiger partial charge in [0.1, 0.15) is 5.60 Å². The van der Waals surface area contributed by atoms with E-state index in [0.717, 1.165) is 0 Å². The van der Waals surface area contributed by atoms with Crippen molar-refractivity contribution < 1.29 is 14.6 Å². The van der Waals surface area contributed by atoms with E-state index < -0.39 is 17.2 Å². The summed E-state index contributed by atoms with van der Waals surface area (Å²) in [4.78, 5) is 13.5. The number of aliphatic hydroxyl groups excluding tert-OH is 1. The number of amides is 1.